The highest BCUT2D eigenvalue weighted by molar-refractivity contribution is 5.85. The summed E-state index contributed by atoms with van der Waals surface area (Å²) >= 11 is 0. The summed E-state index contributed by atoms with van der Waals surface area (Å²) in [5.41, 5.74) is 9.95. The Morgan fingerprint density at radius 1 is 0.458 bits per heavy atom. The lowest BCUT2D eigenvalue weighted by Gasteiger charge is -2.39. The lowest BCUT2D eigenvalue weighted by molar-refractivity contribution is -0.164. The molecule has 0 spiro atoms. The number of fused-ring (bicyclic) bond motifs is 10. The summed E-state index contributed by atoms with van der Waals surface area (Å²) in [5, 5.41) is 36.0. The fourth-order valence-electron chi connectivity index (χ4n) is 19.5. The molecule has 0 bridgehead atoms. The highest BCUT2D eigenvalue weighted by Crippen LogP contribution is 2.48. The minimum absolute atomic E-state index is 0.00374. The molecule has 4 aliphatic heterocycles. The molecule has 6 atom stereocenters. The Morgan fingerprint density at radius 3 is 1.30 bits per heavy atom. The van der Waals surface area contributed by atoms with Crippen molar-refractivity contribution < 1.29 is 61.6 Å². The van der Waals surface area contributed by atoms with Crippen LogP contribution in [0.2, 0.25) is 0 Å². The monoisotopic (exact) mass is 1960 g/mol. The van der Waals surface area contributed by atoms with Gasteiger partial charge in [-0.2, -0.15) is 0 Å². The molecule has 0 saturated carbocycles. The molecule has 0 N–H and O–H groups in total. The van der Waals surface area contributed by atoms with Gasteiger partial charge in [-0.3, -0.25) is 28.4 Å². The first kappa shape index (κ1) is 114. The van der Waals surface area contributed by atoms with Crippen molar-refractivity contribution in [2.24, 2.45) is 39.4 Å². The molecule has 0 fully saturated rings. The molecule has 0 amide bonds. The summed E-state index contributed by atoms with van der Waals surface area (Å²) in [7, 11) is 0. The first-order valence-electron chi connectivity index (χ1n) is 52.6. The van der Waals surface area contributed by atoms with Gasteiger partial charge in [-0.25, -0.2) is 14.6 Å². The van der Waals surface area contributed by atoms with Crippen LogP contribution < -0.4 is 11.1 Å². The summed E-state index contributed by atoms with van der Waals surface area (Å²) in [6.07, 6.45) is 19.8. The highest BCUT2D eigenvalue weighted by Gasteiger charge is 2.48. The van der Waals surface area contributed by atoms with Crippen LogP contribution in [0.3, 0.4) is 0 Å². The quantitative estimate of drug-likeness (QED) is 0.0252. The molecule has 0 radical (unpaired) electrons. The average molecular weight is 1960 g/mol. The van der Waals surface area contributed by atoms with Crippen LogP contribution >= 0.6 is 0 Å². The van der Waals surface area contributed by atoms with Crippen LogP contribution in [-0.4, -0.2) is 177 Å². The Bertz CT molecular complexity index is 5760. The number of esters is 1. The van der Waals surface area contributed by atoms with Gasteiger partial charge in [0.15, 0.2) is 11.2 Å². The summed E-state index contributed by atoms with van der Waals surface area (Å²) in [6, 6.07) is 24.2. The van der Waals surface area contributed by atoms with E-state index in [1.54, 1.807) is 13.8 Å². The van der Waals surface area contributed by atoms with Crippen LogP contribution in [0.25, 0.3) is 44.6 Å². The minimum Gasteiger partial charge on any atom is -0.490 e. The highest BCUT2D eigenvalue weighted by atomic mass is 16.6. The van der Waals surface area contributed by atoms with Crippen LogP contribution in [0.15, 0.2) is 132 Å². The van der Waals surface area contributed by atoms with Crippen molar-refractivity contribution >= 4 is 27.8 Å². The van der Waals surface area contributed by atoms with Crippen molar-refractivity contribution in [1.29, 1.82) is 0 Å². The Kier molecular flexibility index (Phi) is 43.9. The predicted octanol–water partition coefficient (Wildman–Crippen LogP) is 20.9. The maximum Gasteiger partial charge on any atom is 0.307 e. The van der Waals surface area contributed by atoms with Gasteiger partial charge in [0.25, 0.3) is 11.1 Å². The van der Waals surface area contributed by atoms with E-state index in [0.29, 0.717) is 190 Å². The van der Waals surface area contributed by atoms with Gasteiger partial charge in [0.2, 0.25) is 0 Å². The number of carbonyl (C=O) groups excluding carboxylic acids is 1. The van der Waals surface area contributed by atoms with Gasteiger partial charge >= 0.3 is 5.97 Å². The molecule has 8 aromatic heterocycles. The van der Waals surface area contributed by atoms with Gasteiger partial charge in [-0.15, -0.1) is 20.4 Å². The second kappa shape index (κ2) is 54.7. The van der Waals surface area contributed by atoms with E-state index in [2.05, 4.69) is 163 Å². The molecule has 2 aromatic carbocycles. The Hall–Kier alpha value is -10.1. The maximum atomic E-state index is 13.9. The Balaban J connectivity index is 0.000000217. The van der Waals surface area contributed by atoms with Crippen molar-refractivity contribution in [1.82, 2.24) is 79.1 Å². The van der Waals surface area contributed by atoms with Crippen LogP contribution in [0, 0.1) is 39.4 Å². The molecular weight excluding hydrogens is 1800 g/mol. The van der Waals surface area contributed by atoms with Gasteiger partial charge in [0.1, 0.15) is 42.9 Å². The number of hydrogen-bond acceptors (Lipinski definition) is 25. The molecule has 10 aromatic rings. The first-order valence-corrected chi connectivity index (χ1v) is 52.6. The molecule has 142 heavy (non-hydrogen) atoms. The molecule has 12 heterocycles. The number of carbonyl (C=O) groups is 1. The summed E-state index contributed by atoms with van der Waals surface area (Å²) in [4.78, 5) is 51.0. The van der Waals surface area contributed by atoms with Gasteiger partial charge in [0, 0.05) is 119 Å². The number of ether oxygens (including phenoxy) is 12. The Morgan fingerprint density at radius 2 is 0.859 bits per heavy atom. The third kappa shape index (κ3) is 29.2. The molecule has 0 aliphatic carbocycles. The molecular formula is C111H166N16O15. The van der Waals surface area contributed by atoms with Crippen LogP contribution in [-0.2, 0) is 152 Å². The van der Waals surface area contributed by atoms with E-state index in [0.717, 1.165) is 162 Å². The van der Waals surface area contributed by atoms with Crippen molar-refractivity contribution in [3.05, 3.63) is 199 Å². The predicted molar refractivity (Wildman–Crippen MR) is 555 cm³/mol. The number of aryl methyl sites for hydroxylation is 3. The van der Waals surface area contributed by atoms with Gasteiger partial charge in [-0.1, -0.05) is 188 Å². The lowest BCUT2D eigenvalue weighted by Crippen LogP contribution is -2.42. The van der Waals surface area contributed by atoms with E-state index in [-0.39, 0.29) is 71.2 Å². The number of hydrogen-bond donors (Lipinski definition) is 0. The summed E-state index contributed by atoms with van der Waals surface area (Å²) in [6.45, 7) is 67.5. The Labute approximate surface area is 843 Å². The molecule has 31 heteroatoms. The largest absolute Gasteiger partial charge is 0.490 e. The van der Waals surface area contributed by atoms with Crippen molar-refractivity contribution in [2.75, 3.05) is 85.9 Å². The number of nitrogens with zero attached hydrogens (tertiary/aromatic N) is 16. The lowest BCUT2D eigenvalue weighted by atomic mass is 9.79. The second-order valence-corrected chi connectivity index (χ2v) is 39.6. The van der Waals surface area contributed by atoms with Gasteiger partial charge < -0.3 is 66.0 Å². The van der Waals surface area contributed by atoms with Gasteiger partial charge in [-0.05, 0) is 166 Å². The normalized spacial score (nSPS) is 16.7. The number of benzene rings is 2. The van der Waals surface area contributed by atoms with E-state index in [1.807, 2.05) is 155 Å². The van der Waals surface area contributed by atoms with Crippen molar-refractivity contribution in [2.45, 2.75) is 332 Å². The van der Waals surface area contributed by atoms with E-state index < -0.39 is 11.2 Å². The number of aromatic nitrogens is 16. The molecule has 4 unspecified atom stereocenters. The van der Waals surface area contributed by atoms with E-state index >= 15 is 0 Å². The molecule has 31 nitrogen and oxygen atoms in total. The zero-order valence-electron chi connectivity index (χ0n) is 89.6. The summed E-state index contributed by atoms with van der Waals surface area (Å²) < 4.78 is 84.6. The van der Waals surface area contributed by atoms with E-state index in [4.69, 9.17) is 66.8 Å². The van der Waals surface area contributed by atoms with Crippen molar-refractivity contribution in [3.63, 3.8) is 0 Å². The zero-order chi connectivity index (χ0) is 103. The standard InChI is InChI=1S/C41H53N5O6.C36H45N5O5.C30H56N6O4.2C2H6/c1-7-40(21-28(4)5,26-49-9-3)27-50-24-32-23-45(44-43-32)18-14-10-11-17-37(47)52-41(8-2)29(6)51-25-33-34(41)20-36-38-31(22-46(36)39(33)48)19-30-15-12-13-16-35(30)42-38;1-7-35(16-24(4)5,21-43-9-3)22-44-19-28-18-40(39-38-28)23-46-36(8-2)25(6)45-20-29-30(36)15-32-33-27(17-41(32)34(29)42)14-26-12-10-11-13-31(26)37-33;1-9-29(17-25(5)6,20-37-15-13-27-18-35(11-3)33-31-27)21-39-23-30(10-2,24-40-26(7)8)22-38-16-14-28-19-36(12-4)34-32-28;2*1-2/h12-13,15-16,19-20,23,28H,6-11,14,17-18,21-22,24-27H2,1-5H3;10-15,18,24H,6-9,16-17,19-23H2,1-5H3;18-19,25-26H,9-17,20-24H2,1-8H3;2*1-2H3/t40?,41-;35?,36-;;;/m11.../s1. The molecule has 4 aliphatic rings. The topological polar surface area (TPSA) is 320 Å². The zero-order valence-corrected chi connectivity index (χ0v) is 89.6. The van der Waals surface area contributed by atoms with Gasteiger partial charge in [0.05, 0.1) is 174 Å². The number of unbranched alkanes of at least 4 members (excludes halogenated alkanes) is 2. The van der Waals surface area contributed by atoms with Crippen LogP contribution in [0.4, 0.5) is 0 Å². The van der Waals surface area contributed by atoms with E-state index in [1.165, 1.54) is 0 Å². The number of rotatable bonds is 55. The van der Waals surface area contributed by atoms with Crippen LogP contribution in [0.5, 0.6) is 0 Å². The fraction of sp³-hybridized carbons (Fsp3) is 0.631. The number of pyridine rings is 4. The average Bonchev–Trinajstić information content (AvgIpc) is 1.52. The molecule has 0 saturated heterocycles. The minimum atomic E-state index is -1.26. The summed E-state index contributed by atoms with van der Waals surface area (Å²) in [5.74, 6) is 2.10. The maximum absolute atomic E-state index is 13.9. The van der Waals surface area contributed by atoms with Crippen molar-refractivity contribution in [3.8, 4) is 22.8 Å². The molecule has 14 rings (SSSR count). The van der Waals surface area contributed by atoms with Crippen LogP contribution in [0.1, 0.15) is 292 Å². The third-order valence-corrected chi connectivity index (χ3v) is 27.5. The SMILES string of the molecule is C=C1OCc2c(cc3n(c2=O)Cc2cc4ccccc4nc2-3)[C@]1(CC)OC(=O)CCCCCn1cc(COCC(CC)(COCC)CC(C)C)nn1.C=C1OCc2c(cc3n(c2=O)Cc2cc4ccccc4nc2-3)[C@]1(CC)OCn1cc(COCC(CC)(COCC)CC(C)C)nn1.CC.CC.CCn1cc(CCOCC(CC)(COCC(CC)(COCCc2cn(CC)nn2)CC(C)C)COC(C)C)nn1. The second-order valence-electron chi connectivity index (χ2n) is 39.6. The smallest absolute Gasteiger partial charge is 0.307 e. The van der Waals surface area contributed by atoms with E-state index in [9.17, 15) is 14.4 Å². The first-order chi connectivity index (χ1) is 68.5. The molecule has 780 valence electrons. The number of para-hydroxylation sites is 2. The fourth-order valence-corrected chi connectivity index (χ4v) is 19.5. The third-order valence-electron chi connectivity index (χ3n) is 27.5.